The lowest BCUT2D eigenvalue weighted by molar-refractivity contribution is -0.111. The van der Waals surface area contributed by atoms with Crippen molar-refractivity contribution >= 4 is 45.3 Å². The standard InChI is InChI=1S/C23H20N4O3S2/c24-14-19-18-8-11-27(23(29)31-13-9-16-4-1-2-10-25-16)15-20(18)32-22(19)26-21(28)7-6-17-5-3-12-30-17/h1-7,10,12H,8-9,11,13,15H2,(H,26,28)/b7-6+. The summed E-state index contributed by atoms with van der Waals surface area (Å²) in [6, 6.07) is 11.5. The summed E-state index contributed by atoms with van der Waals surface area (Å²) in [4.78, 5) is 32.0. The summed E-state index contributed by atoms with van der Waals surface area (Å²) >= 11 is 2.64. The van der Waals surface area contributed by atoms with Gasteiger partial charge < -0.3 is 14.6 Å². The average Bonchev–Trinajstić information content (AvgIpc) is 3.45. The minimum Gasteiger partial charge on any atom is -0.465 e. The molecular formula is C23H20N4O3S2. The molecule has 0 bridgehead atoms. The van der Waals surface area contributed by atoms with E-state index in [2.05, 4.69) is 16.4 Å². The summed E-state index contributed by atoms with van der Waals surface area (Å²) in [5.41, 5.74) is 2.37. The summed E-state index contributed by atoms with van der Waals surface area (Å²) in [6.07, 6.45) is 7.54. The molecule has 7 nitrogen and oxygen atoms in total. The van der Waals surface area contributed by atoms with E-state index < -0.39 is 0 Å². The van der Waals surface area contributed by atoms with Crippen LogP contribution in [0.1, 0.15) is 27.5 Å². The molecule has 3 aromatic heterocycles. The molecule has 0 saturated heterocycles. The highest BCUT2D eigenvalue weighted by Crippen LogP contribution is 2.37. The van der Waals surface area contributed by atoms with E-state index in [0.717, 1.165) is 22.6 Å². The molecule has 0 aliphatic carbocycles. The van der Waals surface area contributed by atoms with Crippen LogP contribution in [0.2, 0.25) is 0 Å². The Morgan fingerprint density at radius 3 is 3.00 bits per heavy atom. The summed E-state index contributed by atoms with van der Waals surface area (Å²) in [5, 5.41) is 13.0. The van der Waals surface area contributed by atoms with Crippen molar-refractivity contribution in [2.45, 2.75) is 19.4 Å². The third kappa shape index (κ3) is 5.28. The number of nitriles is 1. The van der Waals surface area contributed by atoms with Gasteiger partial charge in [-0.3, -0.25) is 14.6 Å². The van der Waals surface area contributed by atoms with Crippen molar-refractivity contribution in [1.82, 2.24) is 9.88 Å². The second-order valence-corrected chi connectivity index (χ2v) is 9.17. The van der Waals surface area contributed by atoms with Crippen LogP contribution in [-0.4, -0.2) is 33.3 Å². The van der Waals surface area contributed by atoms with Crippen LogP contribution < -0.4 is 5.32 Å². The molecule has 162 valence electrons. The number of aromatic nitrogens is 1. The topological polar surface area (TPSA) is 99.2 Å². The number of pyridine rings is 1. The molecular weight excluding hydrogens is 444 g/mol. The number of hydrogen-bond donors (Lipinski definition) is 1. The Labute approximate surface area is 193 Å². The Bertz CT molecular complexity index is 1160. The molecule has 0 aromatic carbocycles. The number of nitrogens with one attached hydrogen (secondary N) is 1. The Morgan fingerprint density at radius 2 is 2.25 bits per heavy atom. The fraction of sp³-hybridized carbons (Fsp3) is 0.217. The molecule has 9 heteroatoms. The molecule has 4 rings (SSSR count). The molecule has 32 heavy (non-hydrogen) atoms. The molecule has 0 atom stereocenters. The van der Waals surface area contributed by atoms with Gasteiger partial charge in [0.25, 0.3) is 5.24 Å². The van der Waals surface area contributed by atoms with Gasteiger partial charge >= 0.3 is 0 Å². The normalized spacial score (nSPS) is 13.0. The van der Waals surface area contributed by atoms with Crippen molar-refractivity contribution in [3.05, 3.63) is 76.3 Å². The van der Waals surface area contributed by atoms with E-state index >= 15 is 0 Å². The molecule has 0 radical (unpaired) electrons. The molecule has 0 spiro atoms. The number of anilines is 1. The van der Waals surface area contributed by atoms with Crippen molar-refractivity contribution in [3.63, 3.8) is 0 Å². The first-order valence-electron chi connectivity index (χ1n) is 10.0. The third-order valence-electron chi connectivity index (χ3n) is 4.92. The minimum atomic E-state index is -0.338. The first-order chi connectivity index (χ1) is 15.6. The number of aryl methyl sites for hydroxylation is 1. The fourth-order valence-electron chi connectivity index (χ4n) is 3.34. The lowest BCUT2D eigenvalue weighted by atomic mass is 10.0. The highest BCUT2D eigenvalue weighted by atomic mass is 32.2. The number of thioether (sulfide) groups is 1. The molecule has 3 aromatic rings. The number of nitrogens with zero attached hydrogens (tertiary/aromatic N) is 3. The van der Waals surface area contributed by atoms with Crippen LogP contribution in [0.25, 0.3) is 6.08 Å². The van der Waals surface area contributed by atoms with Gasteiger partial charge in [0.15, 0.2) is 0 Å². The van der Waals surface area contributed by atoms with E-state index in [1.165, 1.54) is 35.4 Å². The van der Waals surface area contributed by atoms with Crippen LogP contribution in [0, 0.1) is 11.3 Å². The van der Waals surface area contributed by atoms with Crippen LogP contribution in [0.5, 0.6) is 0 Å². The van der Waals surface area contributed by atoms with Gasteiger partial charge in [-0.05, 0) is 48.7 Å². The second-order valence-electron chi connectivity index (χ2n) is 7.01. The molecule has 0 saturated carbocycles. The van der Waals surface area contributed by atoms with E-state index in [-0.39, 0.29) is 11.1 Å². The number of hydrogen-bond acceptors (Lipinski definition) is 7. The largest absolute Gasteiger partial charge is 0.465 e. The summed E-state index contributed by atoms with van der Waals surface area (Å²) in [6.45, 7) is 1.00. The minimum absolute atomic E-state index is 0.0189. The fourth-order valence-corrected chi connectivity index (χ4v) is 5.38. The van der Waals surface area contributed by atoms with Crippen LogP contribution in [0.15, 0.2) is 53.3 Å². The van der Waals surface area contributed by atoms with Gasteiger partial charge in [-0.1, -0.05) is 17.8 Å². The van der Waals surface area contributed by atoms with Gasteiger partial charge in [0, 0.05) is 35.1 Å². The van der Waals surface area contributed by atoms with Crippen LogP contribution in [0.4, 0.5) is 9.80 Å². The van der Waals surface area contributed by atoms with E-state index in [9.17, 15) is 14.9 Å². The van der Waals surface area contributed by atoms with Crippen molar-refractivity contribution in [1.29, 1.82) is 5.26 Å². The number of amides is 2. The van der Waals surface area contributed by atoms with E-state index in [0.29, 0.717) is 41.6 Å². The maximum Gasteiger partial charge on any atom is 0.281 e. The molecule has 1 aliphatic heterocycles. The first kappa shape index (κ1) is 21.9. The zero-order valence-corrected chi connectivity index (χ0v) is 18.7. The molecule has 1 aliphatic rings. The van der Waals surface area contributed by atoms with E-state index in [4.69, 9.17) is 4.42 Å². The number of furan rings is 1. The maximum absolute atomic E-state index is 12.7. The number of fused-ring (bicyclic) bond motifs is 1. The number of carbonyl (C=O) groups excluding carboxylic acids is 2. The predicted octanol–water partition coefficient (Wildman–Crippen LogP) is 4.71. The van der Waals surface area contributed by atoms with Crippen molar-refractivity contribution in [2.24, 2.45) is 0 Å². The summed E-state index contributed by atoms with van der Waals surface area (Å²) < 4.78 is 5.17. The Kier molecular flexibility index (Phi) is 7.04. The number of thiophene rings is 1. The predicted molar refractivity (Wildman–Crippen MR) is 125 cm³/mol. The monoisotopic (exact) mass is 464 g/mol. The SMILES string of the molecule is N#Cc1c(NC(=O)/C=C/c2ccco2)sc2c1CCN(C(=O)SCCc1ccccn1)C2. The zero-order chi connectivity index (χ0) is 22.3. The lowest BCUT2D eigenvalue weighted by Crippen LogP contribution is -2.33. The van der Waals surface area contributed by atoms with Gasteiger partial charge in [0.1, 0.15) is 16.8 Å². The summed E-state index contributed by atoms with van der Waals surface area (Å²) in [5.74, 6) is 0.895. The first-order valence-corrected chi connectivity index (χ1v) is 11.8. The molecule has 4 heterocycles. The van der Waals surface area contributed by atoms with Crippen molar-refractivity contribution in [2.75, 3.05) is 17.6 Å². The van der Waals surface area contributed by atoms with Gasteiger partial charge in [0.05, 0.1) is 18.4 Å². The van der Waals surface area contributed by atoms with Crippen molar-refractivity contribution < 1.29 is 14.0 Å². The smallest absolute Gasteiger partial charge is 0.281 e. The average molecular weight is 465 g/mol. The quantitative estimate of drug-likeness (QED) is 0.530. The van der Waals surface area contributed by atoms with Gasteiger partial charge in [-0.25, -0.2) is 0 Å². The molecule has 1 N–H and O–H groups in total. The third-order valence-corrected chi connectivity index (χ3v) is 6.96. The molecule has 0 fully saturated rings. The van der Waals surface area contributed by atoms with Gasteiger partial charge in [0.2, 0.25) is 5.91 Å². The van der Waals surface area contributed by atoms with Gasteiger partial charge in [-0.15, -0.1) is 11.3 Å². The molecule has 0 unspecified atom stereocenters. The highest BCUT2D eigenvalue weighted by molar-refractivity contribution is 8.13. The molecule has 2 amide bonds. The van der Waals surface area contributed by atoms with E-state index in [1.807, 2.05) is 18.2 Å². The van der Waals surface area contributed by atoms with Crippen LogP contribution in [-0.2, 0) is 24.2 Å². The van der Waals surface area contributed by atoms with Crippen molar-refractivity contribution in [3.8, 4) is 6.07 Å². The van der Waals surface area contributed by atoms with Crippen LogP contribution >= 0.6 is 23.1 Å². The number of carbonyl (C=O) groups is 2. The maximum atomic E-state index is 12.7. The zero-order valence-electron chi connectivity index (χ0n) is 17.1. The Balaban J connectivity index is 1.36. The van der Waals surface area contributed by atoms with Crippen LogP contribution in [0.3, 0.4) is 0 Å². The Morgan fingerprint density at radius 1 is 1.34 bits per heavy atom. The van der Waals surface area contributed by atoms with E-state index in [1.54, 1.807) is 29.3 Å². The Hall–Kier alpha value is -3.35. The highest BCUT2D eigenvalue weighted by Gasteiger charge is 2.27. The van der Waals surface area contributed by atoms with Gasteiger partial charge in [-0.2, -0.15) is 5.26 Å². The number of rotatable bonds is 6. The summed E-state index contributed by atoms with van der Waals surface area (Å²) in [7, 11) is 0. The lowest BCUT2D eigenvalue weighted by Gasteiger charge is -2.26. The second kappa shape index (κ2) is 10.3.